The topological polar surface area (TPSA) is 55.8 Å². The first kappa shape index (κ1) is 20.4. The number of hydrogen-bond acceptors (Lipinski definition) is 4. The van der Waals surface area contributed by atoms with Gasteiger partial charge in [-0.1, -0.05) is 23.2 Å². The van der Waals surface area contributed by atoms with Crippen molar-refractivity contribution in [2.75, 3.05) is 26.3 Å². The lowest BCUT2D eigenvalue weighted by molar-refractivity contribution is -0.00255. The third-order valence-corrected chi connectivity index (χ3v) is 6.42. The highest BCUT2D eigenvalue weighted by atomic mass is 35.5. The van der Waals surface area contributed by atoms with Gasteiger partial charge in [-0.15, -0.1) is 0 Å². The Bertz CT molecular complexity index is 919. The van der Waals surface area contributed by atoms with E-state index >= 15 is 0 Å². The van der Waals surface area contributed by atoms with Gasteiger partial charge in [0.15, 0.2) is 11.6 Å². The van der Waals surface area contributed by atoms with E-state index in [2.05, 4.69) is 0 Å². The van der Waals surface area contributed by atoms with Crippen LogP contribution in [-0.2, 0) is 14.8 Å². The van der Waals surface area contributed by atoms with Crippen LogP contribution in [0.3, 0.4) is 0 Å². The van der Waals surface area contributed by atoms with E-state index in [1.165, 1.54) is 16.4 Å². The second kappa shape index (κ2) is 8.32. The van der Waals surface area contributed by atoms with Gasteiger partial charge >= 0.3 is 0 Å². The molecule has 1 unspecified atom stereocenters. The molecule has 9 heteroatoms. The largest absolute Gasteiger partial charge is 0.491 e. The third kappa shape index (κ3) is 4.55. The Morgan fingerprint density at radius 1 is 1.22 bits per heavy atom. The fraction of sp³-hybridized carbons (Fsp3) is 0.333. The molecule has 0 aromatic heterocycles. The minimum Gasteiger partial charge on any atom is -0.491 e. The van der Waals surface area contributed by atoms with Crippen LogP contribution in [0.2, 0.25) is 10.0 Å². The highest BCUT2D eigenvalue weighted by molar-refractivity contribution is 7.89. The van der Waals surface area contributed by atoms with Crippen LogP contribution in [0, 0.1) is 5.82 Å². The Kier molecular flexibility index (Phi) is 6.28. The molecule has 0 N–H and O–H groups in total. The van der Waals surface area contributed by atoms with Crippen LogP contribution in [0.1, 0.15) is 18.6 Å². The number of nitrogens with zero attached hydrogens (tertiary/aromatic N) is 1. The van der Waals surface area contributed by atoms with E-state index in [9.17, 15) is 12.8 Å². The maximum Gasteiger partial charge on any atom is 0.243 e. The summed E-state index contributed by atoms with van der Waals surface area (Å²) in [5, 5.41) is 0.879. The molecule has 1 fully saturated rings. The van der Waals surface area contributed by atoms with Gasteiger partial charge < -0.3 is 9.47 Å². The van der Waals surface area contributed by atoms with E-state index in [1.807, 2.05) is 0 Å². The Hall–Kier alpha value is -1.38. The van der Waals surface area contributed by atoms with Gasteiger partial charge in [-0.25, -0.2) is 12.8 Å². The molecule has 0 bridgehead atoms. The first-order valence-corrected chi connectivity index (χ1v) is 10.5. The quantitative estimate of drug-likeness (QED) is 0.705. The Morgan fingerprint density at radius 2 is 1.93 bits per heavy atom. The fourth-order valence-corrected chi connectivity index (χ4v) is 4.85. The zero-order valence-electron chi connectivity index (χ0n) is 14.5. The number of halogens is 3. The van der Waals surface area contributed by atoms with Gasteiger partial charge in [0, 0.05) is 23.1 Å². The highest BCUT2D eigenvalue weighted by Gasteiger charge is 2.32. The molecule has 0 amide bonds. The van der Waals surface area contributed by atoms with Crippen LogP contribution in [0.25, 0.3) is 0 Å². The van der Waals surface area contributed by atoms with Crippen LogP contribution in [0.5, 0.6) is 5.75 Å². The molecular weight excluding hydrogens is 416 g/mol. The summed E-state index contributed by atoms with van der Waals surface area (Å²) in [6, 6.07) is 8.59. The third-order valence-electron chi connectivity index (χ3n) is 4.13. The average molecular weight is 434 g/mol. The lowest BCUT2D eigenvalue weighted by atomic mass is 10.1. The summed E-state index contributed by atoms with van der Waals surface area (Å²) in [5.74, 6) is -0.700. The minimum absolute atomic E-state index is 0.0184. The maximum atomic E-state index is 14.1. The summed E-state index contributed by atoms with van der Waals surface area (Å²) in [6.07, 6.45) is -0.516. The van der Waals surface area contributed by atoms with E-state index < -0.39 is 21.9 Å². The van der Waals surface area contributed by atoms with Crippen molar-refractivity contribution in [2.45, 2.75) is 17.9 Å². The summed E-state index contributed by atoms with van der Waals surface area (Å²) in [5.41, 5.74) is 0.685. The van der Waals surface area contributed by atoms with Crippen LogP contribution in [-0.4, -0.2) is 39.0 Å². The van der Waals surface area contributed by atoms with Gasteiger partial charge in [-0.3, -0.25) is 0 Å². The number of sulfonamides is 1. The molecule has 1 atom stereocenters. The normalized spacial score (nSPS) is 18.4. The Balaban J connectivity index is 1.85. The molecule has 0 spiro atoms. The molecule has 1 saturated heterocycles. The number of hydrogen-bond donors (Lipinski definition) is 0. The Labute approximate surface area is 167 Å². The molecule has 0 saturated carbocycles. The maximum absolute atomic E-state index is 14.1. The summed E-state index contributed by atoms with van der Waals surface area (Å²) in [7, 11) is -3.89. The van der Waals surface area contributed by atoms with Crippen molar-refractivity contribution in [3.05, 3.63) is 57.8 Å². The molecule has 2 aromatic rings. The van der Waals surface area contributed by atoms with Crippen molar-refractivity contribution >= 4 is 33.2 Å². The van der Waals surface area contributed by atoms with E-state index in [0.717, 1.165) is 6.07 Å². The van der Waals surface area contributed by atoms with Crippen molar-refractivity contribution < 1.29 is 22.3 Å². The number of morpholine rings is 1. The number of rotatable bonds is 5. The predicted molar refractivity (Wildman–Crippen MR) is 101 cm³/mol. The van der Waals surface area contributed by atoms with Crippen LogP contribution >= 0.6 is 23.2 Å². The summed E-state index contributed by atoms with van der Waals surface area (Å²) >= 11 is 12.0. The minimum atomic E-state index is -3.89. The highest BCUT2D eigenvalue weighted by Crippen LogP contribution is 2.31. The molecule has 3 rings (SSSR count). The van der Waals surface area contributed by atoms with Crippen molar-refractivity contribution in [1.29, 1.82) is 0 Å². The van der Waals surface area contributed by atoms with Crippen molar-refractivity contribution in [1.82, 2.24) is 4.31 Å². The molecule has 2 aromatic carbocycles. The average Bonchev–Trinajstić information content (AvgIpc) is 2.63. The van der Waals surface area contributed by atoms with Gasteiger partial charge in [0.05, 0.1) is 24.2 Å². The van der Waals surface area contributed by atoms with Crippen molar-refractivity contribution in [2.24, 2.45) is 0 Å². The van der Waals surface area contributed by atoms with Crippen LogP contribution in [0.15, 0.2) is 41.3 Å². The zero-order valence-corrected chi connectivity index (χ0v) is 16.8. The molecule has 1 aliphatic rings. The summed E-state index contributed by atoms with van der Waals surface area (Å²) in [6.45, 7) is 2.46. The first-order valence-electron chi connectivity index (χ1n) is 8.31. The lowest BCUT2D eigenvalue weighted by Gasteiger charge is -2.32. The second-order valence-corrected chi connectivity index (χ2v) is 8.76. The molecule has 0 aliphatic carbocycles. The van der Waals surface area contributed by atoms with Gasteiger partial charge in [0.2, 0.25) is 10.0 Å². The molecule has 1 heterocycles. The summed E-state index contributed by atoms with van der Waals surface area (Å²) < 4.78 is 52.0. The van der Waals surface area contributed by atoms with E-state index in [-0.39, 0.29) is 36.9 Å². The zero-order chi connectivity index (χ0) is 19.6. The molecule has 5 nitrogen and oxygen atoms in total. The van der Waals surface area contributed by atoms with Gasteiger partial charge in [-0.05, 0) is 48.9 Å². The Morgan fingerprint density at radius 3 is 2.56 bits per heavy atom. The fourth-order valence-electron chi connectivity index (χ4n) is 2.87. The second-order valence-electron chi connectivity index (χ2n) is 5.95. The standard InChI is InChI=1S/C18H18Cl2FNO4S/c1-2-25-17-4-3-15(10-16(17)21)27(23,24)22-5-6-26-18(11-22)12-7-13(19)9-14(20)8-12/h3-4,7-10,18H,2,5-6,11H2,1H3. The lowest BCUT2D eigenvalue weighted by Crippen LogP contribution is -2.42. The SMILES string of the molecule is CCOc1ccc(S(=O)(=O)N2CCOC(c3cc(Cl)cc(Cl)c3)C2)cc1F. The van der Waals surface area contributed by atoms with E-state index in [0.29, 0.717) is 15.6 Å². The van der Waals surface area contributed by atoms with E-state index in [4.69, 9.17) is 32.7 Å². The molecule has 1 aliphatic heterocycles. The van der Waals surface area contributed by atoms with E-state index in [1.54, 1.807) is 25.1 Å². The molecule has 0 radical (unpaired) electrons. The molecule has 27 heavy (non-hydrogen) atoms. The van der Waals surface area contributed by atoms with Crippen molar-refractivity contribution in [3.8, 4) is 5.75 Å². The van der Waals surface area contributed by atoms with Crippen LogP contribution < -0.4 is 4.74 Å². The van der Waals surface area contributed by atoms with Crippen molar-refractivity contribution in [3.63, 3.8) is 0 Å². The van der Waals surface area contributed by atoms with Gasteiger partial charge in [-0.2, -0.15) is 4.31 Å². The predicted octanol–water partition coefficient (Wildman–Crippen LogP) is 4.29. The van der Waals surface area contributed by atoms with Gasteiger partial charge in [0.1, 0.15) is 0 Å². The summed E-state index contributed by atoms with van der Waals surface area (Å²) in [4.78, 5) is -0.131. The number of benzene rings is 2. The molecular formula is C18H18Cl2FNO4S. The molecule has 146 valence electrons. The monoisotopic (exact) mass is 433 g/mol. The van der Waals surface area contributed by atoms with Gasteiger partial charge in [0.25, 0.3) is 0 Å². The smallest absolute Gasteiger partial charge is 0.243 e. The number of ether oxygens (including phenoxy) is 2. The first-order chi connectivity index (χ1) is 12.8. The van der Waals surface area contributed by atoms with Crippen LogP contribution in [0.4, 0.5) is 4.39 Å².